The van der Waals surface area contributed by atoms with E-state index in [1.807, 2.05) is 19.9 Å². The number of carbonyl (C=O) groups excluding carboxylic acids is 1. The maximum atomic E-state index is 12.5. The van der Waals surface area contributed by atoms with E-state index in [4.69, 9.17) is 5.11 Å². The maximum Gasteiger partial charge on any atom is 0.305 e. The summed E-state index contributed by atoms with van der Waals surface area (Å²) in [4.78, 5) is 24.7. The summed E-state index contributed by atoms with van der Waals surface area (Å²) in [5, 5.41) is 8.74. The van der Waals surface area contributed by atoms with Crippen LogP contribution < -0.4 is 0 Å². The maximum absolute atomic E-state index is 12.5. The van der Waals surface area contributed by atoms with Crippen LogP contribution in [0.15, 0.2) is 27.1 Å². The average Bonchev–Trinajstić information content (AvgIpc) is 2.31. The quantitative estimate of drug-likeness (QED) is 0.833. The summed E-state index contributed by atoms with van der Waals surface area (Å²) in [6, 6.07) is 5.28. The molecule has 1 N–H and O–H groups in total. The van der Waals surface area contributed by atoms with E-state index in [1.165, 1.54) is 0 Å². The third-order valence-electron chi connectivity index (χ3n) is 2.61. The Morgan fingerprint density at radius 3 is 2.47 bits per heavy atom. The van der Waals surface area contributed by atoms with Crippen LogP contribution in [0.1, 0.15) is 30.6 Å². The number of rotatable bonds is 5. The number of hydrogen-bond acceptors (Lipinski definition) is 2. The fourth-order valence-corrected chi connectivity index (χ4v) is 2.40. The molecule has 1 aromatic carbocycles. The van der Waals surface area contributed by atoms with E-state index in [-0.39, 0.29) is 24.9 Å². The van der Waals surface area contributed by atoms with E-state index in [1.54, 1.807) is 17.0 Å². The third-order valence-corrected chi connectivity index (χ3v) is 3.79. The first-order chi connectivity index (χ1) is 8.82. The van der Waals surface area contributed by atoms with Crippen LogP contribution in [0.4, 0.5) is 0 Å². The number of carbonyl (C=O) groups is 2. The van der Waals surface area contributed by atoms with Gasteiger partial charge in [-0.05, 0) is 48.0 Å². The van der Waals surface area contributed by atoms with Gasteiger partial charge >= 0.3 is 5.97 Å². The van der Waals surface area contributed by atoms with Crippen molar-refractivity contribution in [3.8, 4) is 0 Å². The molecule has 0 radical (unpaired) electrons. The summed E-state index contributed by atoms with van der Waals surface area (Å²) in [5.74, 6) is -1.09. The molecule has 0 aliphatic heterocycles. The van der Waals surface area contributed by atoms with Gasteiger partial charge in [-0.3, -0.25) is 9.59 Å². The molecule has 4 nitrogen and oxygen atoms in total. The lowest BCUT2D eigenvalue weighted by molar-refractivity contribution is -0.137. The molecule has 1 rings (SSSR count). The van der Waals surface area contributed by atoms with Crippen LogP contribution in [-0.4, -0.2) is 34.5 Å². The van der Waals surface area contributed by atoms with Gasteiger partial charge in [-0.25, -0.2) is 0 Å². The second-order valence-electron chi connectivity index (χ2n) is 4.36. The van der Waals surface area contributed by atoms with E-state index in [2.05, 4.69) is 31.9 Å². The Labute approximate surface area is 129 Å². The third kappa shape index (κ3) is 4.62. The van der Waals surface area contributed by atoms with Gasteiger partial charge in [0.05, 0.1) is 12.0 Å². The van der Waals surface area contributed by atoms with Crippen LogP contribution in [0.3, 0.4) is 0 Å². The average molecular weight is 393 g/mol. The first-order valence-corrected chi connectivity index (χ1v) is 7.39. The Kier molecular flexibility index (Phi) is 6.00. The van der Waals surface area contributed by atoms with Crippen molar-refractivity contribution in [2.75, 3.05) is 6.54 Å². The Bertz CT molecular complexity index is 489. The lowest BCUT2D eigenvalue weighted by Crippen LogP contribution is -2.38. The second kappa shape index (κ2) is 7.05. The summed E-state index contributed by atoms with van der Waals surface area (Å²) in [6.45, 7) is 3.93. The lowest BCUT2D eigenvalue weighted by atomic mass is 10.1. The van der Waals surface area contributed by atoms with Gasteiger partial charge in [-0.15, -0.1) is 0 Å². The minimum atomic E-state index is -0.910. The van der Waals surface area contributed by atoms with E-state index in [0.717, 1.165) is 4.47 Å². The van der Waals surface area contributed by atoms with Crippen LogP contribution in [0, 0.1) is 0 Å². The fourth-order valence-electron chi connectivity index (χ4n) is 1.63. The summed E-state index contributed by atoms with van der Waals surface area (Å²) >= 11 is 6.67. The number of halogens is 2. The minimum absolute atomic E-state index is 0.0577. The van der Waals surface area contributed by atoms with Gasteiger partial charge in [0, 0.05) is 21.5 Å². The topological polar surface area (TPSA) is 57.6 Å². The van der Waals surface area contributed by atoms with E-state index >= 15 is 0 Å². The summed E-state index contributed by atoms with van der Waals surface area (Å²) < 4.78 is 1.50. The van der Waals surface area contributed by atoms with Gasteiger partial charge in [0.1, 0.15) is 0 Å². The highest BCUT2D eigenvalue weighted by atomic mass is 79.9. The molecule has 0 spiro atoms. The zero-order valence-corrected chi connectivity index (χ0v) is 13.9. The molecule has 0 aliphatic carbocycles. The van der Waals surface area contributed by atoms with Gasteiger partial charge in [0.2, 0.25) is 0 Å². The first kappa shape index (κ1) is 16.2. The van der Waals surface area contributed by atoms with Crippen molar-refractivity contribution < 1.29 is 14.7 Å². The van der Waals surface area contributed by atoms with Crippen molar-refractivity contribution in [3.05, 3.63) is 32.7 Å². The van der Waals surface area contributed by atoms with E-state index < -0.39 is 5.97 Å². The molecule has 1 amide bonds. The molecule has 1 aromatic rings. The molecular formula is C13H15Br2NO3. The van der Waals surface area contributed by atoms with Crippen LogP contribution in [0.25, 0.3) is 0 Å². The molecule has 104 valence electrons. The minimum Gasteiger partial charge on any atom is -0.481 e. The van der Waals surface area contributed by atoms with Crippen LogP contribution in [-0.2, 0) is 4.79 Å². The molecule has 19 heavy (non-hydrogen) atoms. The number of carboxylic acids is 1. The Hall–Kier alpha value is -0.880. The van der Waals surface area contributed by atoms with Gasteiger partial charge in [-0.1, -0.05) is 15.9 Å². The molecular weight excluding hydrogens is 378 g/mol. The molecule has 0 bridgehead atoms. The van der Waals surface area contributed by atoms with Crippen molar-refractivity contribution in [2.24, 2.45) is 0 Å². The molecule has 0 aliphatic rings. The monoisotopic (exact) mass is 391 g/mol. The molecule has 6 heteroatoms. The number of amides is 1. The molecule has 0 heterocycles. The fraction of sp³-hybridized carbons (Fsp3) is 0.385. The van der Waals surface area contributed by atoms with Crippen LogP contribution in [0.5, 0.6) is 0 Å². The molecule has 0 fully saturated rings. The number of aliphatic carboxylic acids is 1. The van der Waals surface area contributed by atoms with Crippen molar-refractivity contribution in [3.63, 3.8) is 0 Å². The van der Waals surface area contributed by atoms with E-state index in [0.29, 0.717) is 10.0 Å². The standard InChI is InChI=1S/C13H15Br2NO3/c1-8(2)16(6-5-12(17)18)13(19)10-7-9(14)3-4-11(10)15/h3-4,7-8H,5-6H2,1-2H3,(H,17,18). The lowest BCUT2D eigenvalue weighted by Gasteiger charge is -2.26. The smallest absolute Gasteiger partial charge is 0.305 e. The van der Waals surface area contributed by atoms with Crippen LogP contribution >= 0.6 is 31.9 Å². The number of carboxylic acid groups (broad SMARTS) is 1. The summed E-state index contributed by atoms with van der Waals surface area (Å²) in [5.41, 5.74) is 0.522. The molecule has 0 atom stereocenters. The summed E-state index contributed by atoms with van der Waals surface area (Å²) in [7, 11) is 0. The van der Waals surface area contributed by atoms with Gasteiger partial charge < -0.3 is 10.0 Å². The Balaban J connectivity index is 2.99. The normalized spacial score (nSPS) is 10.6. The predicted molar refractivity (Wildman–Crippen MR) is 80.3 cm³/mol. The van der Waals surface area contributed by atoms with Gasteiger partial charge in [0.15, 0.2) is 0 Å². The molecule has 0 unspecified atom stereocenters. The molecule has 0 saturated heterocycles. The van der Waals surface area contributed by atoms with Gasteiger partial charge in [0.25, 0.3) is 5.91 Å². The number of nitrogens with zero attached hydrogens (tertiary/aromatic N) is 1. The van der Waals surface area contributed by atoms with E-state index in [9.17, 15) is 9.59 Å². The van der Waals surface area contributed by atoms with Gasteiger partial charge in [-0.2, -0.15) is 0 Å². The van der Waals surface area contributed by atoms with Crippen LogP contribution in [0.2, 0.25) is 0 Å². The largest absolute Gasteiger partial charge is 0.481 e. The number of hydrogen-bond donors (Lipinski definition) is 1. The summed E-state index contributed by atoms with van der Waals surface area (Å²) in [6.07, 6.45) is -0.0600. The van der Waals surface area contributed by atoms with Crippen molar-refractivity contribution in [1.82, 2.24) is 4.90 Å². The van der Waals surface area contributed by atoms with Crippen molar-refractivity contribution in [2.45, 2.75) is 26.3 Å². The predicted octanol–water partition coefficient (Wildman–Crippen LogP) is 3.54. The van der Waals surface area contributed by atoms with Crippen molar-refractivity contribution >= 4 is 43.7 Å². The zero-order chi connectivity index (χ0) is 14.6. The Morgan fingerprint density at radius 2 is 1.95 bits per heavy atom. The molecule has 0 aromatic heterocycles. The zero-order valence-electron chi connectivity index (χ0n) is 10.7. The second-order valence-corrected chi connectivity index (χ2v) is 6.13. The Morgan fingerprint density at radius 1 is 1.32 bits per heavy atom. The SMILES string of the molecule is CC(C)N(CCC(=O)O)C(=O)c1cc(Br)ccc1Br. The van der Waals surface area contributed by atoms with Crippen molar-refractivity contribution in [1.29, 1.82) is 0 Å². The highest BCUT2D eigenvalue weighted by Crippen LogP contribution is 2.23. The first-order valence-electron chi connectivity index (χ1n) is 5.80. The highest BCUT2D eigenvalue weighted by Gasteiger charge is 2.21. The highest BCUT2D eigenvalue weighted by molar-refractivity contribution is 9.11. The number of benzene rings is 1. The molecule has 0 saturated carbocycles.